The summed E-state index contributed by atoms with van der Waals surface area (Å²) in [4.78, 5) is 11.7. The fraction of sp³-hybridized carbons (Fsp3) is 0.533. The van der Waals surface area contributed by atoms with Crippen LogP contribution in [0.25, 0.3) is 0 Å². The molecule has 4 nitrogen and oxygen atoms in total. The Morgan fingerprint density at radius 1 is 1.26 bits per heavy atom. The number of nitrogens with one attached hydrogen (secondary N) is 1. The van der Waals surface area contributed by atoms with Crippen LogP contribution >= 0.6 is 0 Å². The van der Waals surface area contributed by atoms with Gasteiger partial charge in [-0.3, -0.25) is 4.79 Å². The highest BCUT2D eigenvalue weighted by atomic mass is 16.5. The first kappa shape index (κ1) is 15.3. The monoisotopic (exact) mass is 265 g/mol. The van der Waals surface area contributed by atoms with Crippen molar-refractivity contribution in [2.45, 2.75) is 33.7 Å². The summed E-state index contributed by atoms with van der Waals surface area (Å²) in [5, 5.41) is 2.89. The van der Waals surface area contributed by atoms with E-state index >= 15 is 0 Å². The van der Waals surface area contributed by atoms with Gasteiger partial charge >= 0.3 is 0 Å². The number of hydrogen-bond donors (Lipinski definition) is 1. The van der Waals surface area contributed by atoms with Crippen molar-refractivity contribution >= 4 is 5.91 Å². The van der Waals surface area contributed by atoms with Gasteiger partial charge < -0.3 is 14.8 Å². The highest BCUT2D eigenvalue weighted by Gasteiger charge is 2.12. The summed E-state index contributed by atoms with van der Waals surface area (Å²) in [5.74, 6) is 1.51. The average molecular weight is 265 g/mol. The number of amides is 1. The molecular formula is C15H23NO3. The van der Waals surface area contributed by atoms with Crippen molar-refractivity contribution in [3.05, 3.63) is 23.8 Å². The second kappa shape index (κ2) is 7.02. The molecule has 19 heavy (non-hydrogen) atoms. The number of methoxy groups -OCH3 is 1. The van der Waals surface area contributed by atoms with Crippen molar-refractivity contribution in [2.75, 3.05) is 13.7 Å². The summed E-state index contributed by atoms with van der Waals surface area (Å²) in [6.07, 6.45) is 0. The number of rotatable bonds is 6. The summed E-state index contributed by atoms with van der Waals surface area (Å²) in [5.41, 5.74) is 1.09. The lowest BCUT2D eigenvalue weighted by Crippen LogP contribution is -2.38. The highest BCUT2D eigenvalue weighted by molar-refractivity contribution is 5.77. The van der Waals surface area contributed by atoms with E-state index in [4.69, 9.17) is 9.47 Å². The molecule has 0 heterocycles. The van der Waals surface area contributed by atoms with Gasteiger partial charge in [-0.2, -0.15) is 0 Å². The Balaban J connectivity index is 2.55. The third-order valence-corrected chi connectivity index (χ3v) is 3.07. The van der Waals surface area contributed by atoms with E-state index in [0.29, 0.717) is 17.4 Å². The molecule has 0 spiro atoms. The first-order valence-corrected chi connectivity index (χ1v) is 6.50. The molecule has 1 aromatic rings. The van der Waals surface area contributed by atoms with Crippen LogP contribution in [-0.2, 0) is 4.79 Å². The highest BCUT2D eigenvalue weighted by Crippen LogP contribution is 2.27. The molecule has 0 saturated heterocycles. The molecule has 0 aliphatic heterocycles. The molecular weight excluding hydrogens is 242 g/mol. The van der Waals surface area contributed by atoms with Crippen molar-refractivity contribution in [1.29, 1.82) is 0 Å². The molecule has 0 fully saturated rings. The Hall–Kier alpha value is -1.71. The molecule has 1 atom stereocenters. The van der Waals surface area contributed by atoms with Crippen LogP contribution in [0.1, 0.15) is 26.3 Å². The standard InChI is InChI=1S/C15H23NO3/c1-10(2)12(4)16-15(17)9-19-13-7-6-11(3)8-14(13)18-5/h6-8,10,12H,9H2,1-5H3,(H,16,17)/t12-/m0/s1. The van der Waals surface area contributed by atoms with Crippen LogP contribution < -0.4 is 14.8 Å². The molecule has 0 radical (unpaired) electrons. The lowest BCUT2D eigenvalue weighted by atomic mass is 10.1. The van der Waals surface area contributed by atoms with Crippen LogP contribution in [0.2, 0.25) is 0 Å². The zero-order valence-electron chi connectivity index (χ0n) is 12.3. The molecule has 0 bridgehead atoms. The average Bonchev–Trinajstić information content (AvgIpc) is 2.36. The Kier molecular flexibility index (Phi) is 5.67. The van der Waals surface area contributed by atoms with E-state index in [1.165, 1.54) is 0 Å². The molecule has 0 aliphatic rings. The van der Waals surface area contributed by atoms with Gasteiger partial charge in [0.2, 0.25) is 0 Å². The van der Waals surface area contributed by atoms with Crippen LogP contribution in [0.4, 0.5) is 0 Å². The Morgan fingerprint density at radius 3 is 2.53 bits per heavy atom. The van der Waals surface area contributed by atoms with Gasteiger partial charge in [0.1, 0.15) is 0 Å². The number of benzene rings is 1. The SMILES string of the molecule is COc1cc(C)ccc1OCC(=O)N[C@@H](C)C(C)C. The van der Waals surface area contributed by atoms with E-state index in [-0.39, 0.29) is 18.6 Å². The maximum atomic E-state index is 11.7. The summed E-state index contributed by atoms with van der Waals surface area (Å²) >= 11 is 0. The van der Waals surface area contributed by atoms with Crippen molar-refractivity contribution in [3.8, 4) is 11.5 Å². The summed E-state index contributed by atoms with van der Waals surface area (Å²) in [6.45, 7) is 8.08. The second-order valence-corrected chi connectivity index (χ2v) is 5.04. The first-order chi connectivity index (χ1) is 8.93. The maximum absolute atomic E-state index is 11.7. The molecule has 1 N–H and O–H groups in total. The number of carbonyl (C=O) groups is 1. The molecule has 4 heteroatoms. The van der Waals surface area contributed by atoms with Gasteiger partial charge in [-0.25, -0.2) is 0 Å². The molecule has 0 saturated carbocycles. The van der Waals surface area contributed by atoms with Crippen molar-refractivity contribution < 1.29 is 14.3 Å². The first-order valence-electron chi connectivity index (χ1n) is 6.50. The number of aryl methyl sites for hydroxylation is 1. The minimum atomic E-state index is -0.121. The predicted octanol–water partition coefficient (Wildman–Crippen LogP) is 2.54. The zero-order valence-corrected chi connectivity index (χ0v) is 12.3. The van der Waals surface area contributed by atoms with Gasteiger partial charge in [0.25, 0.3) is 5.91 Å². The van der Waals surface area contributed by atoms with Crippen molar-refractivity contribution in [2.24, 2.45) is 5.92 Å². The normalized spacial score (nSPS) is 12.1. The molecule has 1 aromatic carbocycles. The van der Waals surface area contributed by atoms with Crippen LogP contribution in [0.3, 0.4) is 0 Å². The topological polar surface area (TPSA) is 47.6 Å². The molecule has 0 aliphatic carbocycles. The summed E-state index contributed by atoms with van der Waals surface area (Å²) in [7, 11) is 1.59. The van der Waals surface area contributed by atoms with Gasteiger partial charge in [0.05, 0.1) is 7.11 Å². The Labute approximate surface area is 115 Å². The quantitative estimate of drug-likeness (QED) is 0.860. The van der Waals surface area contributed by atoms with Crippen LogP contribution in [0.15, 0.2) is 18.2 Å². The lowest BCUT2D eigenvalue weighted by molar-refractivity contribution is -0.124. The van der Waals surface area contributed by atoms with Gasteiger partial charge in [-0.15, -0.1) is 0 Å². The van der Waals surface area contributed by atoms with Gasteiger partial charge in [-0.1, -0.05) is 19.9 Å². The van der Waals surface area contributed by atoms with E-state index < -0.39 is 0 Å². The second-order valence-electron chi connectivity index (χ2n) is 5.04. The Morgan fingerprint density at radius 2 is 1.95 bits per heavy atom. The van der Waals surface area contributed by atoms with Crippen molar-refractivity contribution in [1.82, 2.24) is 5.32 Å². The van der Waals surface area contributed by atoms with Crippen LogP contribution in [0, 0.1) is 12.8 Å². The fourth-order valence-electron chi connectivity index (χ4n) is 1.50. The molecule has 0 unspecified atom stereocenters. The number of carbonyl (C=O) groups excluding carboxylic acids is 1. The maximum Gasteiger partial charge on any atom is 0.258 e. The molecule has 0 aromatic heterocycles. The number of hydrogen-bond acceptors (Lipinski definition) is 3. The third-order valence-electron chi connectivity index (χ3n) is 3.07. The Bertz CT molecular complexity index is 429. The molecule has 1 amide bonds. The van der Waals surface area contributed by atoms with E-state index in [1.807, 2.05) is 32.0 Å². The minimum absolute atomic E-state index is 0.00349. The summed E-state index contributed by atoms with van der Waals surface area (Å²) in [6, 6.07) is 5.75. The molecule has 1 rings (SSSR count). The van der Waals surface area contributed by atoms with Gasteiger partial charge in [-0.05, 0) is 37.5 Å². The van der Waals surface area contributed by atoms with Crippen LogP contribution in [-0.4, -0.2) is 25.7 Å². The van der Waals surface area contributed by atoms with E-state index in [1.54, 1.807) is 7.11 Å². The van der Waals surface area contributed by atoms with E-state index in [9.17, 15) is 4.79 Å². The van der Waals surface area contributed by atoms with E-state index in [0.717, 1.165) is 5.56 Å². The number of ether oxygens (including phenoxy) is 2. The summed E-state index contributed by atoms with van der Waals surface area (Å²) < 4.78 is 10.7. The lowest BCUT2D eigenvalue weighted by Gasteiger charge is -2.18. The van der Waals surface area contributed by atoms with Crippen LogP contribution in [0.5, 0.6) is 11.5 Å². The van der Waals surface area contributed by atoms with Crippen molar-refractivity contribution in [3.63, 3.8) is 0 Å². The zero-order chi connectivity index (χ0) is 14.4. The largest absolute Gasteiger partial charge is 0.493 e. The smallest absolute Gasteiger partial charge is 0.258 e. The van der Waals surface area contributed by atoms with E-state index in [2.05, 4.69) is 19.2 Å². The fourth-order valence-corrected chi connectivity index (χ4v) is 1.50. The third kappa shape index (κ3) is 4.81. The van der Waals surface area contributed by atoms with Gasteiger partial charge in [0.15, 0.2) is 18.1 Å². The molecule has 106 valence electrons. The minimum Gasteiger partial charge on any atom is -0.493 e. The predicted molar refractivity (Wildman–Crippen MR) is 75.7 cm³/mol. The van der Waals surface area contributed by atoms with Gasteiger partial charge in [0, 0.05) is 6.04 Å².